The van der Waals surface area contributed by atoms with Crippen LogP contribution in [0.3, 0.4) is 0 Å². The Bertz CT molecular complexity index is 167. The maximum absolute atomic E-state index is 10.2. The van der Waals surface area contributed by atoms with Gasteiger partial charge in [-0.25, -0.2) is 0 Å². The molecule has 1 fully saturated rings. The Hall–Kier alpha value is -0.530. The lowest BCUT2D eigenvalue weighted by molar-refractivity contribution is -0.136. The second-order valence-electron chi connectivity index (χ2n) is 4.50. The van der Waals surface area contributed by atoms with E-state index in [1.807, 2.05) is 6.92 Å². The van der Waals surface area contributed by atoms with Gasteiger partial charge >= 0.3 is 0 Å². The van der Waals surface area contributed by atoms with Gasteiger partial charge in [-0.3, -0.25) is 4.79 Å². The summed E-state index contributed by atoms with van der Waals surface area (Å²) in [5.41, 5.74) is 0. The fourth-order valence-corrected chi connectivity index (χ4v) is 2.57. The van der Waals surface area contributed by atoms with Crippen LogP contribution in [0.1, 0.15) is 40.0 Å². The maximum atomic E-state index is 10.2. The van der Waals surface area contributed by atoms with Crippen molar-refractivity contribution in [3.8, 4) is 0 Å². The largest absolute Gasteiger partial charge is 0.465 e. The van der Waals surface area contributed by atoms with Gasteiger partial charge in [-0.15, -0.1) is 0 Å². The predicted molar refractivity (Wildman–Crippen MR) is 52.3 cm³/mol. The molecular weight excluding hydrogens is 164 g/mol. The van der Waals surface area contributed by atoms with Gasteiger partial charge in [-0.1, -0.05) is 20.3 Å². The third-order valence-corrected chi connectivity index (χ3v) is 3.37. The lowest BCUT2D eigenvalue weighted by atomic mass is 9.73. The molecule has 0 aliphatic heterocycles. The lowest BCUT2D eigenvalue weighted by Crippen LogP contribution is -2.31. The van der Waals surface area contributed by atoms with Crippen molar-refractivity contribution < 1.29 is 9.53 Å². The minimum Gasteiger partial charge on any atom is -0.465 e. The van der Waals surface area contributed by atoms with Crippen LogP contribution in [0.5, 0.6) is 0 Å². The highest BCUT2D eigenvalue weighted by atomic mass is 16.5. The van der Waals surface area contributed by atoms with Crippen molar-refractivity contribution in [2.24, 2.45) is 17.8 Å². The zero-order valence-corrected chi connectivity index (χ0v) is 8.82. The molecule has 76 valence electrons. The van der Waals surface area contributed by atoms with Gasteiger partial charge in [0.05, 0.1) is 0 Å². The number of carbonyl (C=O) groups excluding carboxylic acids is 1. The number of ether oxygens (including phenoxy) is 1. The monoisotopic (exact) mass is 184 g/mol. The van der Waals surface area contributed by atoms with Crippen molar-refractivity contribution in [2.45, 2.75) is 46.1 Å². The standard InChI is InChI=1S/C11H20O2/c1-8-4-5-11(9(2)6-8)10(3)13-7-12/h7-11H,4-6H2,1-3H3. The topological polar surface area (TPSA) is 26.3 Å². The van der Waals surface area contributed by atoms with Crippen molar-refractivity contribution in [3.05, 3.63) is 0 Å². The van der Waals surface area contributed by atoms with Crippen LogP contribution in [0, 0.1) is 17.8 Å². The average molecular weight is 184 g/mol. The molecule has 4 unspecified atom stereocenters. The molecule has 0 amide bonds. The first-order valence-corrected chi connectivity index (χ1v) is 5.24. The number of rotatable bonds is 3. The Balaban J connectivity index is 2.45. The van der Waals surface area contributed by atoms with Gasteiger partial charge in [0.1, 0.15) is 6.10 Å². The van der Waals surface area contributed by atoms with Crippen LogP contribution in [0.25, 0.3) is 0 Å². The molecule has 0 aromatic heterocycles. The third-order valence-electron chi connectivity index (χ3n) is 3.37. The zero-order valence-electron chi connectivity index (χ0n) is 8.82. The first kappa shape index (κ1) is 10.6. The molecule has 1 aliphatic rings. The molecule has 2 nitrogen and oxygen atoms in total. The van der Waals surface area contributed by atoms with Gasteiger partial charge in [0.15, 0.2) is 0 Å². The zero-order chi connectivity index (χ0) is 9.84. The second-order valence-corrected chi connectivity index (χ2v) is 4.50. The average Bonchev–Trinajstić information content (AvgIpc) is 2.04. The summed E-state index contributed by atoms with van der Waals surface area (Å²) < 4.78 is 5.01. The first-order valence-electron chi connectivity index (χ1n) is 5.24. The van der Waals surface area contributed by atoms with Crippen LogP contribution in [-0.4, -0.2) is 12.6 Å². The van der Waals surface area contributed by atoms with Crippen LogP contribution >= 0.6 is 0 Å². The molecule has 1 rings (SSSR count). The summed E-state index contributed by atoms with van der Waals surface area (Å²) >= 11 is 0. The van der Waals surface area contributed by atoms with Crippen LogP contribution in [0.2, 0.25) is 0 Å². The molecule has 1 aliphatic carbocycles. The minimum atomic E-state index is 0.0972. The quantitative estimate of drug-likeness (QED) is 0.630. The van der Waals surface area contributed by atoms with E-state index < -0.39 is 0 Å². The van der Waals surface area contributed by atoms with Gasteiger partial charge < -0.3 is 4.74 Å². The van der Waals surface area contributed by atoms with Crippen molar-refractivity contribution in [1.82, 2.24) is 0 Å². The van der Waals surface area contributed by atoms with Crippen molar-refractivity contribution in [3.63, 3.8) is 0 Å². The summed E-state index contributed by atoms with van der Waals surface area (Å²) in [5, 5.41) is 0. The second kappa shape index (κ2) is 4.64. The Labute approximate surface area is 80.7 Å². The highest BCUT2D eigenvalue weighted by Crippen LogP contribution is 2.35. The molecular formula is C11H20O2. The Kier molecular flexibility index (Phi) is 3.76. The molecule has 0 bridgehead atoms. The molecule has 0 radical (unpaired) electrons. The predicted octanol–water partition coefficient (Wildman–Crippen LogP) is 2.62. The molecule has 0 spiro atoms. The summed E-state index contributed by atoms with van der Waals surface area (Å²) in [6.45, 7) is 7.16. The van der Waals surface area contributed by atoms with E-state index in [0.717, 1.165) is 5.92 Å². The van der Waals surface area contributed by atoms with E-state index in [2.05, 4.69) is 13.8 Å². The fourth-order valence-electron chi connectivity index (χ4n) is 2.57. The van der Waals surface area contributed by atoms with Gasteiger partial charge in [0.2, 0.25) is 0 Å². The molecule has 13 heavy (non-hydrogen) atoms. The first-order chi connectivity index (χ1) is 6.15. The van der Waals surface area contributed by atoms with Crippen molar-refractivity contribution in [2.75, 3.05) is 0 Å². The Morgan fingerprint density at radius 1 is 1.38 bits per heavy atom. The minimum absolute atomic E-state index is 0.0972. The normalized spacial score (nSPS) is 36.7. The van der Waals surface area contributed by atoms with E-state index in [0.29, 0.717) is 18.3 Å². The third kappa shape index (κ3) is 2.71. The smallest absolute Gasteiger partial charge is 0.293 e. The highest BCUT2D eigenvalue weighted by molar-refractivity contribution is 5.37. The van der Waals surface area contributed by atoms with Crippen LogP contribution < -0.4 is 0 Å². The van der Waals surface area contributed by atoms with Crippen LogP contribution in [0.4, 0.5) is 0 Å². The van der Waals surface area contributed by atoms with E-state index in [1.165, 1.54) is 19.3 Å². The summed E-state index contributed by atoms with van der Waals surface area (Å²) in [7, 11) is 0. The van der Waals surface area contributed by atoms with E-state index >= 15 is 0 Å². The Morgan fingerprint density at radius 3 is 2.62 bits per heavy atom. The molecule has 0 aromatic carbocycles. The molecule has 1 saturated carbocycles. The van der Waals surface area contributed by atoms with Crippen LogP contribution in [0.15, 0.2) is 0 Å². The summed E-state index contributed by atoms with van der Waals surface area (Å²) in [4.78, 5) is 10.2. The molecule has 2 heteroatoms. The summed E-state index contributed by atoms with van der Waals surface area (Å²) in [6.07, 6.45) is 3.86. The number of carbonyl (C=O) groups is 1. The molecule has 0 N–H and O–H groups in total. The molecule has 0 saturated heterocycles. The van der Waals surface area contributed by atoms with Gasteiger partial charge in [-0.2, -0.15) is 0 Å². The molecule has 0 heterocycles. The van der Waals surface area contributed by atoms with Gasteiger partial charge in [0.25, 0.3) is 6.47 Å². The summed E-state index contributed by atoms with van der Waals surface area (Å²) in [5.74, 6) is 2.11. The van der Waals surface area contributed by atoms with Crippen molar-refractivity contribution >= 4 is 6.47 Å². The maximum Gasteiger partial charge on any atom is 0.293 e. The fraction of sp³-hybridized carbons (Fsp3) is 0.909. The number of hydrogen-bond acceptors (Lipinski definition) is 2. The van der Waals surface area contributed by atoms with Gasteiger partial charge in [-0.05, 0) is 37.5 Å². The van der Waals surface area contributed by atoms with E-state index in [4.69, 9.17) is 4.74 Å². The lowest BCUT2D eigenvalue weighted by Gasteiger charge is -2.35. The number of hydrogen-bond donors (Lipinski definition) is 0. The van der Waals surface area contributed by atoms with E-state index in [9.17, 15) is 4.79 Å². The van der Waals surface area contributed by atoms with Crippen LogP contribution in [-0.2, 0) is 9.53 Å². The highest BCUT2D eigenvalue weighted by Gasteiger charge is 2.30. The Morgan fingerprint density at radius 2 is 2.08 bits per heavy atom. The van der Waals surface area contributed by atoms with Gasteiger partial charge in [0, 0.05) is 0 Å². The summed E-state index contributed by atoms with van der Waals surface area (Å²) in [6, 6.07) is 0. The SMILES string of the molecule is CC1CCC(C(C)OC=O)C(C)C1. The van der Waals surface area contributed by atoms with E-state index in [1.54, 1.807) is 0 Å². The molecule has 4 atom stereocenters. The van der Waals surface area contributed by atoms with E-state index in [-0.39, 0.29) is 6.10 Å². The molecule has 0 aromatic rings. The van der Waals surface area contributed by atoms with Crippen molar-refractivity contribution in [1.29, 1.82) is 0 Å².